The molecule has 0 aliphatic heterocycles. The van der Waals surface area contributed by atoms with E-state index in [9.17, 15) is 19.2 Å². The first kappa shape index (κ1) is 23.8. The zero-order chi connectivity index (χ0) is 19.8. The number of nitrogens with zero attached hydrogens (tertiary/aromatic N) is 1. The Morgan fingerprint density at radius 1 is 0.615 bits per heavy atom. The Bertz CT molecular complexity index is 416. The van der Waals surface area contributed by atoms with Gasteiger partial charge in [0.15, 0.2) is 0 Å². The molecule has 0 heterocycles. The SMILES string of the molecule is CCC(=O)NCCCNC(=O)CN(C)CC(=O)NCCCNC(=O)CC. The summed E-state index contributed by atoms with van der Waals surface area (Å²) in [6, 6.07) is 0. The maximum atomic E-state index is 11.8. The molecule has 0 aromatic heterocycles. The quantitative estimate of drug-likeness (QED) is 0.292. The zero-order valence-corrected chi connectivity index (χ0v) is 16.2. The fraction of sp³-hybridized carbons (Fsp3) is 0.765. The summed E-state index contributed by atoms with van der Waals surface area (Å²) in [7, 11) is 1.70. The number of likely N-dealkylation sites (N-methyl/N-ethyl adjacent to an activating group) is 1. The van der Waals surface area contributed by atoms with E-state index in [4.69, 9.17) is 0 Å². The summed E-state index contributed by atoms with van der Waals surface area (Å²) in [5.41, 5.74) is 0. The normalized spacial score (nSPS) is 10.3. The van der Waals surface area contributed by atoms with Crippen LogP contribution in [0.4, 0.5) is 0 Å². The first-order chi connectivity index (χ1) is 12.4. The lowest BCUT2D eigenvalue weighted by Gasteiger charge is -2.16. The summed E-state index contributed by atoms with van der Waals surface area (Å²) >= 11 is 0. The summed E-state index contributed by atoms with van der Waals surface area (Å²) in [6.07, 6.45) is 2.23. The average Bonchev–Trinajstić information content (AvgIpc) is 2.60. The van der Waals surface area contributed by atoms with Crippen molar-refractivity contribution in [2.75, 3.05) is 46.3 Å². The van der Waals surface area contributed by atoms with Gasteiger partial charge < -0.3 is 21.3 Å². The van der Waals surface area contributed by atoms with Crippen molar-refractivity contribution < 1.29 is 19.2 Å². The van der Waals surface area contributed by atoms with Gasteiger partial charge in [-0.05, 0) is 19.9 Å². The fourth-order valence-electron chi connectivity index (χ4n) is 2.00. The lowest BCUT2D eigenvalue weighted by Crippen LogP contribution is -2.41. The Hall–Kier alpha value is -2.16. The first-order valence-electron chi connectivity index (χ1n) is 9.14. The van der Waals surface area contributed by atoms with Crippen LogP contribution < -0.4 is 21.3 Å². The number of rotatable bonds is 14. The minimum Gasteiger partial charge on any atom is -0.356 e. The smallest absolute Gasteiger partial charge is 0.234 e. The maximum Gasteiger partial charge on any atom is 0.234 e. The second-order valence-corrected chi connectivity index (χ2v) is 5.99. The Balaban J connectivity index is 3.67. The van der Waals surface area contributed by atoms with Gasteiger partial charge in [0.1, 0.15) is 0 Å². The van der Waals surface area contributed by atoms with Crippen molar-refractivity contribution in [3.05, 3.63) is 0 Å². The molecular weight excluding hydrogens is 338 g/mol. The highest BCUT2D eigenvalue weighted by Gasteiger charge is 2.10. The van der Waals surface area contributed by atoms with Crippen LogP contribution in [-0.2, 0) is 19.2 Å². The summed E-state index contributed by atoms with van der Waals surface area (Å²) < 4.78 is 0. The van der Waals surface area contributed by atoms with Crippen LogP contribution in [0, 0.1) is 0 Å². The molecule has 0 spiro atoms. The van der Waals surface area contributed by atoms with Gasteiger partial charge in [0.25, 0.3) is 0 Å². The van der Waals surface area contributed by atoms with E-state index in [1.807, 2.05) is 0 Å². The molecule has 0 aliphatic rings. The monoisotopic (exact) mass is 371 g/mol. The molecule has 0 atom stereocenters. The topological polar surface area (TPSA) is 120 Å². The molecular formula is C17H33N5O4. The number of carbonyl (C=O) groups excluding carboxylic acids is 4. The van der Waals surface area contributed by atoms with Crippen LogP contribution >= 0.6 is 0 Å². The van der Waals surface area contributed by atoms with E-state index < -0.39 is 0 Å². The lowest BCUT2D eigenvalue weighted by molar-refractivity contribution is -0.124. The number of hydrogen-bond acceptors (Lipinski definition) is 5. The van der Waals surface area contributed by atoms with Gasteiger partial charge >= 0.3 is 0 Å². The molecule has 150 valence electrons. The molecule has 0 rings (SSSR count). The third-order valence-electron chi connectivity index (χ3n) is 3.47. The average molecular weight is 371 g/mol. The number of carbonyl (C=O) groups is 4. The van der Waals surface area contributed by atoms with Crippen LogP contribution in [0.2, 0.25) is 0 Å². The van der Waals surface area contributed by atoms with Gasteiger partial charge in [-0.2, -0.15) is 0 Å². The van der Waals surface area contributed by atoms with E-state index in [1.165, 1.54) is 0 Å². The molecule has 0 aromatic carbocycles. The van der Waals surface area contributed by atoms with Gasteiger partial charge in [-0.15, -0.1) is 0 Å². The Morgan fingerprint density at radius 3 is 1.23 bits per heavy atom. The van der Waals surface area contributed by atoms with Crippen LogP contribution in [0.25, 0.3) is 0 Å². The van der Waals surface area contributed by atoms with Crippen molar-refractivity contribution in [2.45, 2.75) is 39.5 Å². The highest BCUT2D eigenvalue weighted by atomic mass is 16.2. The Labute approximate surface area is 155 Å². The molecule has 9 nitrogen and oxygen atoms in total. The standard InChI is InChI=1S/C17H33N5O4/c1-4-14(23)18-8-6-10-20-16(25)12-22(3)13-17(26)21-11-7-9-19-15(24)5-2/h4-13H2,1-3H3,(H,18,23)(H,19,24)(H,20,25)(H,21,26). The van der Waals surface area contributed by atoms with Crippen molar-refractivity contribution in [1.82, 2.24) is 26.2 Å². The third kappa shape index (κ3) is 14.2. The number of amides is 4. The molecule has 0 saturated heterocycles. The van der Waals surface area contributed by atoms with Crippen LogP contribution in [-0.4, -0.2) is 74.8 Å². The molecule has 4 N–H and O–H groups in total. The largest absolute Gasteiger partial charge is 0.356 e. The second kappa shape index (κ2) is 15.1. The molecule has 0 unspecified atom stereocenters. The summed E-state index contributed by atoms with van der Waals surface area (Å²) in [4.78, 5) is 47.3. The third-order valence-corrected chi connectivity index (χ3v) is 3.47. The maximum absolute atomic E-state index is 11.8. The van der Waals surface area contributed by atoms with E-state index in [2.05, 4.69) is 21.3 Å². The highest BCUT2D eigenvalue weighted by molar-refractivity contribution is 5.81. The molecule has 0 fully saturated rings. The van der Waals surface area contributed by atoms with Crippen molar-refractivity contribution in [3.63, 3.8) is 0 Å². The van der Waals surface area contributed by atoms with Crippen LogP contribution in [0.1, 0.15) is 39.5 Å². The lowest BCUT2D eigenvalue weighted by atomic mass is 10.3. The van der Waals surface area contributed by atoms with Gasteiger partial charge in [-0.3, -0.25) is 24.1 Å². The summed E-state index contributed by atoms with van der Waals surface area (Å²) in [5, 5.41) is 11.0. The van der Waals surface area contributed by atoms with Crippen LogP contribution in [0.15, 0.2) is 0 Å². The van der Waals surface area contributed by atoms with E-state index in [-0.39, 0.29) is 36.7 Å². The molecule has 0 aliphatic carbocycles. The van der Waals surface area contributed by atoms with Gasteiger partial charge in [-0.1, -0.05) is 13.8 Å². The van der Waals surface area contributed by atoms with Gasteiger partial charge in [0.2, 0.25) is 23.6 Å². The predicted molar refractivity (Wildman–Crippen MR) is 99.4 cm³/mol. The molecule has 0 bridgehead atoms. The number of nitrogens with one attached hydrogen (secondary N) is 4. The fourth-order valence-corrected chi connectivity index (χ4v) is 2.00. The molecule has 0 saturated carbocycles. The minimum atomic E-state index is -0.163. The molecule has 0 aromatic rings. The van der Waals surface area contributed by atoms with Crippen molar-refractivity contribution in [2.24, 2.45) is 0 Å². The van der Waals surface area contributed by atoms with Crippen molar-refractivity contribution >= 4 is 23.6 Å². The second-order valence-electron chi connectivity index (χ2n) is 5.99. The van der Waals surface area contributed by atoms with E-state index in [0.29, 0.717) is 51.9 Å². The van der Waals surface area contributed by atoms with Crippen molar-refractivity contribution in [3.8, 4) is 0 Å². The predicted octanol–water partition coefficient (Wildman–Crippen LogP) is -1.02. The zero-order valence-electron chi connectivity index (χ0n) is 16.2. The summed E-state index contributed by atoms with van der Waals surface area (Å²) in [6.45, 7) is 5.84. The van der Waals surface area contributed by atoms with E-state index in [1.54, 1.807) is 25.8 Å². The van der Waals surface area contributed by atoms with Gasteiger partial charge in [0.05, 0.1) is 13.1 Å². The van der Waals surface area contributed by atoms with Gasteiger partial charge in [0, 0.05) is 39.0 Å². The number of hydrogen-bond donors (Lipinski definition) is 4. The molecule has 9 heteroatoms. The Morgan fingerprint density at radius 2 is 0.923 bits per heavy atom. The molecule has 4 amide bonds. The molecule has 26 heavy (non-hydrogen) atoms. The Kier molecular flexibility index (Phi) is 13.9. The van der Waals surface area contributed by atoms with E-state index in [0.717, 1.165) is 0 Å². The van der Waals surface area contributed by atoms with Crippen LogP contribution in [0.5, 0.6) is 0 Å². The minimum absolute atomic E-state index is 0.00480. The van der Waals surface area contributed by atoms with Crippen molar-refractivity contribution in [1.29, 1.82) is 0 Å². The van der Waals surface area contributed by atoms with E-state index >= 15 is 0 Å². The first-order valence-corrected chi connectivity index (χ1v) is 9.14. The highest BCUT2D eigenvalue weighted by Crippen LogP contribution is 1.85. The molecule has 0 radical (unpaired) electrons. The van der Waals surface area contributed by atoms with Gasteiger partial charge in [-0.25, -0.2) is 0 Å². The van der Waals surface area contributed by atoms with Crippen LogP contribution in [0.3, 0.4) is 0 Å². The summed E-state index contributed by atoms with van der Waals surface area (Å²) in [5.74, 6) is -0.335.